The highest BCUT2D eigenvalue weighted by molar-refractivity contribution is 7.89. The van der Waals surface area contributed by atoms with Crippen LogP contribution in [-0.4, -0.2) is 29.7 Å². The highest BCUT2D eigenvalue weighted by Gasteiger charge is 2.31. The molecule has 0 fully saturated rings. The largest absolute Gasteiger partial charge is 0.573 e. The van der Waals surface area contributed by atoms with Crippen LogP contribution in [0.5, 0.6) is 5.75 Å². The quantitative estimate of drug-likeness (QED) is 0.509. The average molecular weight is 446 g/mol. The molecule has 0 saturated heterocycles. The lowest BCUT2D eigenvalue weighted by molar-refractivity contribution is -0.274. The summed E-state index contributed by atoms with van der Waals surface area (Å²) in [6, 6.07) is 11.8. The Morgan fingerprint density at radius 2 is 1.68 bits per heavy atom. The fourth-order valence-electron chi connectivity index (χ4n) is 2.97. The van der Waals surface area contributed by atoms with Crippen LogP contribution in [0, 0.1) is 0 Å². The summed E-state index contributed by atoms with van der Waals surface area (Å²) < 4.78 is 64.3. The summed E-state index contributed by atoms with van der Waals surface area (Å²) in [4.78, 5) is 12.6. The number of rotatable bonds is 4. The lowest BCUT2D eigenvalue weighted by Gasteiger charge is -2.11. The lowest BCUT2D eigenvalue weighted by Crippen LogP contribution is -2.16. The third kappa shape index (κ3) is 4.62. The minimum atomic E-state index is -4.78. The summed E-state index contributed by atoms with van der Waals surface area (Å²) in [5, 5.41) is 5.17. The number of sulfonamides is 1. The van der Waals surface area contributed by atoms with Crippen LogP contribution >= 0.6 is 0 Å². The number of alkyl halides is 3. The monoisotopic (exact) mass is 446 g/mol. The van der Waals surface area contributed by atoms with E-state index < -0.39 is 16.4 Å². The molecule has 1 aromatic carbocycles. The predicted molar refractivity (Wildman–Crippen MR) is 106 cm³/mol. The molecule has 158 valence electrons. The summed E-state index contributed by atoms with van der Waals surface area (Å²) in [6.07, 6.45) is -0.636. The van der Waals surface area contributed by atoms with E-state index in [0.29, 0.717) is 33.4 Å². The number of fused-ring (bicyclic) bond motifs is 1. The van der Waals surface area contributed by atoms with E-state index in [1.807, 2.05) is 0 Å². The molecule has 4 rings (SSSR count). The summed E-state index contributed by atoms with van der Waals surface area (Å²) in [5.74, 6) is -0.339. The lowest BCUT2D eigenvalue weighted by atomic mass is 10.0. The third-order valence-corrected chi connectivity index (χ3v) is 5.20. The molecule has 0 atom stereocenters. The topological polar surface area (TPSA) is 108 Å². The van der Waals surface area contributed by atoms with Crippen molar-refractivity contribution in [3.8, 4) is 28.1 Å². The van der Waals surface area contributed by atoms with Crippen molar-refractivity contribution in [1.29, 1.82) is 0 Å². The molecule has 7 nitrogen and oxygen atoms in total. The molecule has 4 aromatic rings. The number of nitrogens with two attached hydrogens (primary N) is 1. The molecule has 0 aliphatic rings. The number of nitrogens with zero attached hydrogens (tertiary/aromatic N) is 3. The standard InChI is InChI=1S/C20H13F3N4O3S/c21-20(22,23)30-14-3-1-12(2-4-14)16-7-8-26-18-6-5-17(27-19(16)18)13-9-15(11-25-10-13)31(24,28)29/h1-11H,(H2,24,28,29). The second-order valence-corrected chi connectivity index (χ2v) is 8.01. The van der Waals surface area contributed by atoms with Gasteiger partial charge < -0.3 is 4.74 Å². The van der Waals surface area contributed by atoms with Gasteiger partial charge in [-0.2, -0.15) is 0 Å². The minimum Gasteiger partial charge on any atom is -0.406 e. The van der Waals surface area contributed by atoms with Gasteiger partial charge in [0.05, 0.1) is 16.7 Å². The number of primary sulfonamides is 1. The summed E-state index contributed by atoms with van der Waals surface area (Å²) in [6.45, 7) is 0. The van der Waals surface area contributed by atoms with Gasteiger partial charge in [-0.15, -0.1) is 13.2 Å². The van der Waals surface area contributed by atoms with Crippen LogP contribution < -0.4 is 9.88 Å². The van der Waals surface area contributed by atoms with E-state index in [-0.39, 0.29) is 10.6 Å². The minimum absolute atomic E-state index is 0.154. The van der Waals surface area contributed by atoms with Crippen molar-refractivity contribution in [2.75, 3.05) is 0 Å². The molecular weight excluding hydrogens is 433 g/mol. The van der Waals surface area contributed by atoms with E-state index in [9.17, 15) is 21.6 Å². The molecule has 0 bridgehead atoms. The van der Waals surface area contributed by atoms with Gasteiger partial charge >= 0.3 is 6.36 Å². The number of hydrogen-bond donors (Lipinski definition) is 1. The van der Waals surface area contributed by atoms with Gasteiger partial charge in [0.15, 0.2) is 0 Å². The Morgan fingerprint density at radius 1 is 0.935 bits per heavy atom. The van der Waals surface area contributed by atoms with Crippen molar-refractivity contribution in [1.82, 2.24) is 15.0 Å². The zero-order valence-electron chi connectivity index (χ0n) is 15.5. The molecule has 0 spiro atoms. The Kier molecular flexibility index (Phi) is 5.07. The molecular formula is C20H13F3N4O3S. The molecule has 3 aromatic heterocycles. The van der Waals surface area contributed by atoms with Gasteiger partial charge in [0.1, 0.15) is 10.6 Å². The smallest absolute Gasteiger partial charge is 0.406 e. The molecule has 3 heterocycles. The number of hydrogen-bond acceptors (Lipinski definition) is 6. The van der Waals surface area contributed by atoms with Gasteiger partial charge in [-0.05, 0) is 42.0 Å². The number of halogens is 3. The Morgan fingerprint density at radius 3 is 2.35 bits per heavy atom. The molecule has 2 N–H and O–H groups in total. The fraction of sp³-hybridized carbons (Fsp3) is 0.0500. The Balaban J connectivity index is 1.78. The fourth-order valence-corrected chi connectivity index (χ4v) is 3.47. The van der Waals surface area contributed by atoms with Crippen LogP contribution in [0.3, 0.4) is 0 Å². The van der Waals surface area contributed by atoms with Crippen LogP contribution in [0.15, 0.2) is 72.0 Å². The second-order valence-electron chi connectivity index (χ2n) is 6.45. The maximum Gasteiger partial charge on any atom is 0.573 e. The molecule has 0 amide bonds. The number of pyridine rings is 3. The molecule has 0 radical (unpaired) electrons. The molecule has 0 aliphatic carbocycles. The summed E-state index contributed by atoms with van der Waals surface area (Å²) in [7, 11) is -3.94. The molecule has 31 heavy (non-hydrogen) atoms. The summed E-state index contributed by atoms with van der Waals surface area (Å²) in [5.41, 5.74) is 3.11. The predicted octanol–water partition coefficient (Wildman–Crippen LogP) is 3.90. The SMILES string of the molecule is NS(=O)(=O)c1cncc(-c2ccc3nccc(-c4ccc(OC(F)(F)F)cc4)c3n2)c1. The molecule has 0 unspecified atom stereocenters. The second kappa shape index (κ2) is 7.60. The molecule has 0 saturated carbocycles. The number of benzene rings is 1. The molecule has 11 heteroatoms. The van der Waals surface area contributed by atoms with Crippen LogP contribution in [0.4, 0.5) is 13.2 Å². The van der Waals surface area contributed by atoms with Crippen molar-refractivity contribution in [2.24, 2.45) is 5.14 Å². The van der Waals surface area contributed by atoms with E-state index in [0.717, 1.165) is 6.20 Å². The zero-order valence-corrected chi connectivity index (χ0v) is 16.4. The first-order chi connectivity index (χ1) is 14.6. The average Bonchev–Trinajstić information content (AvgIpc) is 2.72. The number of aromatic nitrogens is 3. The van der Waals surface area contributed by atoms with Crippen molar-refractivity contribution in [3.05, 3.63) is 67.1 Å². The Hall–Kier alpha value is -3.57. The normalized spacial score (nSPS) is 12.1. The van der Waals surface area contributed by atoms with Crippen LogP contribution in [-0.2, 0) is 10.0 Å². The summed E-state index contributed by atoms with van der Waals surface area (Å²) >= 11 is 0. The van der Waals surface area contributed by atoms with Gasteiger partial charge in [-0.1, -0.05) is 12.1 Å². The van der Waals surface area contributed by atoms with Crippen molar-refractivity contribution >= 4 is 21.1 Å². The van der Waals surface area contributed by atoms with Crippen LogP contribution in [0.2, 0.25) is 0 Å². The van der Waals surface area contributed by atoms with E-state index in [4.69, 9.17) is 5.14 Å². The zero-order chi connectivity index (χ0) is 22.2. The Bertz CT molecular complexity index is 1370. The van der Waals surface area contributed by atoms with Crippen LogP contribution in [0.25, 0.3) is 33.4 Å². The first-order valence-electron chi connectivity index (χ1n) is 8.70. The highest BCUT2D eigenvalue weighted by Crippen LogP contribution is 2.31. The van der Waals surface area contributed by atoms with Gasteiger partial charge in [0.25, 0.3) is 0 Å². The van der Waals surface area contributed by atoms with Crippen molar-refractivity contribution < 1.29 is 26.3 Å². The van der Waals surface area contributed by atoms with Crippen molar-refractivity contribution in [3.63, 3.8) is 0 Å². The molecule has 0 aliphatic heterocycles. The number of ether oxygens (including phenoxy) is 1. The Labute approximate surface area is 174 Å². The van der Waals surface area contributed by atoms with Gasteiger partial charge in [-0.25, -0.2) is 18.5 Å². The van der Waals surface area contributed by atoms with Gasteiger partial charge in [0.2, 0.25) is 10.0 Å². The van der Waals surface area contributed by atoms with E-state index in [1.165, 1.54) is 36.5 Å². The van der Waals surface area contributed by atoms with E-state index in [1.54, 1.807) is 24.4 Å². The van der Waals surface area contributed by atoms with Gasteiger partial charge in [-0.3, -0.25) is 9.97 Å². The third-order valence-electron chi connectivity index (χ3n) is 4.32. The van der Waals surface area contributed by atoms with Crippen LogP contribution in [0.1, 0.15) is 0 Å². The first-order valence-corrected chi connectivity index (χ1v) is 10.2. The van der Waals surface area contributed by atoms with E-state index >= 15 is 0 Å². The maximum absolute atomic E-state index is 12.4. The highest BCUT2D eigenvalue weighted by atomic mass is 32.2. The van der Waals surface area contributed by atoms with Gasteiger partial charge in [0, 0.05) is 29.7 Å². The maximum atomic E-state index is 12.4. The first kappa shape index (κ1) is 20.7. The van der Waals surface area contributed by atoms with E-state index in [2.05, 4.69) is 19.7 Å². The van der Waals surface area contributed by atoms with Crippen molar-refractivity contribution in [2.45, 2.75) is 11.3 Å².